The van der Waals surface area contributed by atoms with Crippen LogP contribution in [0.5, 0.6) is 0 Å². The van der Waals surface area contributed by atoms with Crippen LogP contribution in [0.3, 0.4) is 0 Å². The van der Waals surface area contributed by atoms with E-state index in [0.717, 1.165) is 16.6 Å². The summed E-state index contributed by atoms with van der Waals surface area (Å²) in [7, 11) is 0. The lowest BCUT2D eigenvalue weighted by atomic mass is 9.76. The van der Waals surface area contributed by atoms with Gasteiger partial charge in [-0.1, -0.05) is 31.1 Å². The molecule has 1 aromatic heterocycles. The minimum absolute atomic E-state index is 0.286. The number of amides is 2. The Labute approximate surface area is 129 Å². The van der Waals surface area contributed by atoms with Crippen molar-refractivity contribution in [2.24, 2.45) is 5.92 Å². The normalized spacial score (nSPS) is 26.0. The molecule has 2 unspecified atom stereocenters. The Kier molecular flexibility index (Phi) is 4.64. The number of thiazole rings is 1. The van der Waals surface area contributed by atoms with Crippen LogP contribution in [-0.2, 0) is 4.79 Å². The van der Waals surface area contributed by atoms with Crippen LogP contribution in [0.4, 0.5) is 9.93 Å². The number of carbonyl (C=O) groups is 2. The van der Waals surface area contributed by atoms with Crippen LogP contribution in [0.15, 0.2) is 9.98 Å². The van der Waals surface area contributed by atoms with Crippen LogP contribution >= 0.6 is 27.3 Å². The first-order valence-corrected chi connectivity index (χ1v) is 7.96. The van der Waals surface area contributed by atoms with Crippen molar-refractivity contribution in [2.75, 3.05) is 5.32 Å². The van der Waals surface area contributed by atoms with Crippen molar-refractivity contribution in [3.63, 3.8) is 0 Å². The van der Waals surface area contributed by atoms with E-state index in [2.05, 4.69) is 31.5 Å². The number of halogens is 1. The number of aromatic nitrogens is 1. The fourth-order valence-corrected chi connectivity index (χ4v) is 3.67. The molecule has 0 bridgehead atoms. The van der Waals surface area contributed by atoms with E-state index in [4.69, 9.17) is 0 Å². The Balaban J connectivity index is 2.04. The van der Waals surface area contributed by atoms with Gasteiger partial charge in [0.1, 0.15) is 5.54 Å². The van der Waals surface area contributed by atoms with E-state index in [1.165, 1.54) is 11.3 Å². The largest absolute Gasteiger partial charge is 0.480 e. The van der Waals surface area contributed by atoms with Crippen molar-refractivity contribution >= 4 is 44.4 Å². The number of hydrogen-bond acceptors (Lipinski definition) is 4. The van der Waals surface area contributed by atoms with E-state index in [0.29, 0.717) is 18.0 Å². The van der Waals surface area contributed by atoms with Crippen LogP contribution in [0.25, 0.3) is 0 Å². The number of carboxylic acids is 1. The van der Waals surface area contributed by atoms with Gasteiger partial charge < -0.3 is 10.4 Å². The van der Waals surface area contributed by atoms with E-state index in [1.54, 1.807) is 6.20 Å². The number of carbonyl (C=O) groups excluding carboxylic acids is 1. The predicted octanol–water partition coefficient (Wildman–Crippen LogP) is 3.06. The molecule has 0 saturated heterocycles. The van der Waals surface area contributed by atoms with E-state index >= 15 is 0 Å². The van der Waals surface area contributed by atoms with Crippen molar-refractivity contribution in [2.45, 2.75) is 38.1 Å². The zero-order valence-electron chi connectivity index (χ0n) is 11.0. The van der Waals surface area contributed by atoms with Crippen molar-refractivity contribution in [1.82, 2.24) is 10.3 Å². The molecule has 3 N–H and O–H groups in total. The summed E-state index contributed by atoms with van der Waals surface area (Å²) >= 11 is 4.52. The van der Waals surface area contributed by atoms with Gasteiger partial charge in [0.05, 0.1) is 9.98 Å². The topological polar surface area (TPSA) is 91.3 Å². The first-order valence-electron chi connectivity index (χ1n) is 6.35. The first-order chi connectivity index (χ1) is 9.41. The van der Waals surface area contributed by atoms with Gasteiger partial charge >= 0.3 is 12.0 Å². The molecule has 0 spiro atoms. The van der Waals surface area contributed by atoms with Gasteiger partial charge in [-0.25, -0.2) is 14.6 Å². The maximum Gasteiger partial charge on any atom is 0.329 e. The molecule has 1 heterocycles. The molecule has 1 aromatic rings. The average Bonchev–Trinajstić information content (AvgIpc) is 2.74. The zero-order chi connectivity index (χ0) is 14.8. The molecule has 0 radical (unpaired) electrons. The molecule has 1 aliphatic carbocycles. The number of urea groups is 1. The third-order valence-corrected chi connectivity index (χ3v) is 4.85. The Hall–Kier alpha value is -1.15. The van der Waals surface area contributed by atoms with Gasteiger partial charge in [0.15, 0.2) is 5.13 Å². The van der Waals surface area contributed by atoms with Crippen LogP contribution < -0.4 is 10.6 Å². The van der Waals surface area contributed by atoms with E-state index in [1.807, 2.05) is 6.92 Å². The number of rotatable bonds is 3. The first kappa shape index (κ1) is 15.2. The highest BCUT2D eigenvalue weighted by Gasteiger charge is 2.43. The second-order valence-electron chi connectivity index (χ2n) is 5.14. The van der Waals surface area contributed by atoms with E-state index in [9.17, 15) is 14.7 Å². The molecule has 2 atom stereocenters. The quantitative estimate of drug-likeness (QED) is 0.771. The lowest BCUT2D eigenvalue weighted by Crippen LogP contribution is -2.57. The second kappa shape index (κ2) is 6.09. The Bertz CT molecular complexity index is 522. The van der Waals surface area contributed by atoms with Crippen LogP contribution in [0.1, 0.15) is 32.6 Å². The highest BCUT2D eigenvalue weighted by atomic mass is 79.9. The molecule has 110 valence electrons. The summed E-state index contributed by atoms with van der Waals surface area (Å²) in [6.07, 6.45) is 4.29. The van der Waals surface area contributed by atoms with Gasteiger partial charge in [-0.05, 0) is 34.7 Å². The SMILES string of the molecule is CC1CCCC(NC(=O)Nc2ncc(Br)s2)(C(=O)O)C1. The molecule has 0 aliphatic heterocycles. The maximum atomic E-state index is 12.0. The smallest absolute Gasteiger partial charge is 0.329 e. The number of aliphatic carboxylic acids is 1. The Morgan fingerprint density at radius 1 is 1.60 bits per heavy atom. The fraction of sp³-hybridized carbons (Fsp3) is 0.583. The van der Waals surface area contributed by atoms with E-state index < -0.39 is 17.5 Å². The predicted molar refractivity (Wildman–Crippen MR) is 80.0 cm³/mol. The van der Waals surface area contributed by atoms with Gasteiger partial charge in [0.25, 0.3) is 0 Å². The highest BCUT2D eigenvalue weighted by Crippen LogP contribution is 2.32. The standard InChI is InChI=1S/C12H16BrN3O3S/c1-7-3-2-4-12(5-7,9(17)18)16-10(19)15-11-14-6-8(13)20-11/h6-7H,2-5H2,1H3,(H,17,18)(H2,14,15,16,19). The van der Waals surface area contributed by atoms with Crippen LogP contribution in [0, 0.1) is 5.92 Å². The summed E-state index contributed by atoms with van der Waals surface area (Å²) in [6, 6.07) is -0.525. The highest BCUT2D eigenvalue weighted by molar-refractivity contribution is 9.11. The number of carboxylic acid groups (broad SMARTS) is 1. The van der Waals surface area contributed by atoms with Crippen molar-refractivity contribution < 1.29 is 14.7 Å². The molecule has 0 aromatic carbocycles. The van der Waals surface area contributed by atoms with Crippen molar-refractivity contribution in [3.05, 3.63) is 9.98 Å². The molecular formula is C12H16BrN3O3S. The second-order valence-corrected chi connectivity index (χ2v) is 7.55. The minimum Gasteiger partial charge on any atom is -0.480 e. The summed E-state index contributed by atoms with van der Waals surface area (Å²) in [5.41, 5.74) is -1.17. The molecule has 8 heteroatoms. The summed E-state index contributed by atoms with van der Waals surface area (Å²) in [5.74, 6) is -0.686. The number of nitrogens with one attached hydrogen (secondary N) is 2. The average molecular weight is 362 g/mol. The number of nitrogens with zero attached hydrogens (tertiary/aromatic N) is 1. The van der Waals surface area contributed by atoms with Gasteiger partial charge in [0.2, 0.25) is 0 Å². The van der Waals surface area contributed by atoms with E-state index in [-0.39, 0.29) is 5.92 Å². The van der Waals surface area contributed by atoms with Gasteiger partial charge in [-0.2, -0.15) is 0 Å². The fourth-order valence-electron chi connectivity index (χ4n) is 2.57. The molecular weight excluding hydrogens is 346 g/mol. The maximum absolute atomic E-state index is 12.0. The Morgan fingerprint density at radius 3 is 2.90 bits per heavy atom. The third-order valence-electron chi connectivity index (χ3n) is 3.46. The lowest BCUT2D eigenvalue weighted by Gasteiger charge is -2.36. The number of anilines is 1. The summed E-state index contributed by atoms with van der Waals surface area (Å²) in [6.45, 7) is 2.01. The van der Waals surface area contributed by atoms with Crippen molar-refractivity contribution in [3.8, 4) is 0 Å². The lowest BCUT2D eigenvalue weighted by molar-refractivity contribution is -0.146. The van der Waals surface area contributed by atoms with Gasteiger partial charge in [0, 0.05) is 0 Å². The summed E-state index contributed by atoms with van der Waals surface area (Å²) in [5, 5.41) is 15.1. The molecule has 1 fully saturated rings. The van der Waals surface area contributed by atoms with Gasteiger partial charge in [-0.3, -0.25) is 5.32 Å². The van der Waals surface area contributed by atoms with Crippen LogP contribution in [-0.4, -0.2) is 27.6 Å². The monoisotopic (exact) mass is 361 g/mol. The summed E-state index contributed by atoms with van der Waals surface area (Å²) < 4.78 is 0.798. The molecule has 6 nitrogen and oxygen atoms in total. The Morgan fingerprint density at radius 2 is 2.35 bits per heavy atom. The molecule has 2 amide bonds. The molecule has 1 aliphatic rings. The molecule has 20 heavy (non-hydrogen) atoms. The minimum atomic E-state index is -1.17. The van der Waals surface area contributed by atoms with Gasteiger partial charge in [-0.15, -0.1) is 0 Å². The summed E-state index contributed by atoms with van der Waals surface area (Å²) in [4.78, 5) is 27.5. The molecule has 2 rings (SSSR count). The third kappa shape index (κ3) is 3.49. The number of hydrogen-bond donors (Lipinski definition) is 3. The molecule has 1 saturated carbocycles. The van der Waals surface area contributed by atoms with Crippen molar-refractivity contribution in [1.29, 1.82) is 0 Å². The zero-order valence-corrected chi connectivity index (χ0v) is 13.4. The van der Waals surface area contributed by atoms with Crippen LogP contribution in [0.2, 0.25) is 0 Å².